The third-order valence-electron chi connectivity index (χ3n) is 2.82. The number of aryl methyl sites for hydroxylation is 1. The molecule has 0 saturated heterocycles. The normalized spacial score (nSPS) is 10.2. The number of rotatable bonds is 7. The SMILES string of the molecule is Cc1ccccc1OCCCC(=O)NCc1ncn[nH]1. The Labute approximate surface area is 117 Å². The van der Waals surface area contributed by atoms with Crippen molar-refractivity contribution < 1.29 is 9.53 Å². The van der Waals surface area contributed by atoms with Gasteiger partial charge in [-0.05, 0) is 25.0 Å². The van der Waals surface area contributed by atoms with Crippen LogP contribution in [0.3, 0.4) is 0 Å². The van der Waals surface area contributed by atoms with Gasteiger partial charge in [0.15, 0.2) is 0 Å². The van der Waals surface area contributed by atoms with E-state index < -0.39 is 0 Å². The van der Waals surface area contributed by atoms with Crippen molar-refractivity contribution in [3.05, 3.63) is 42.0 Å². The number of nitrogens with one attached hydrogen (secondary N) is 2. The third-order valence-corrected chi connectivity index (χ3v) is 2.82. The molecule has 0 fully saturated rings. The minimum absolute atomic E-state index is 0.0187. The molecule has 6 heteroatoms. The lowest BCUT2D eigenvalue weighted by atomic mass is 10.2. The average molecular weight is 274 g/mol. The number of benzene rings is 1. The fraction of sp³-hybridized carbons (Fsp3) is 0.357. The highest BCUT2D eigenvalue weighted by atomic mass is 16.5. The summed E-state index contributed by atoms with van der Waals surface area (Å²) >= 11 is 0. The molecule has 2 aromatic rings. The van der Waals surface area contributed by atoms with Gasteiger partial charge in [0.2, 0.25) is 5.91 Å². The van der Waals surface area contributed by atoms with Crippen molar-refractivity contribution in [2.24, 2.45) is 0 Å². The summed E-state index contributed by atoms with van der Waals surface area (Å²) in [5.74, 6) is 1.50. The van der Waals surface area contributed by atoms with Gasteiger partial charge in [0.05, 0.1) is 13.2 Å². The van der Waals surface area contributed by atoms with Crippen molar-refractivity contribution in [2.75, 3.05) is 6.61 Å². The van der Waals surface area contributed by atoms with Crippen molar-refractivity contribution in [1.82, 2.24) is 20.5 Å². The Bertz CT molecular complexity index is 540. The van der Waals surface area contributed by atoms with Gasteiger partial charge in [-0.3, -0.25) is 9.89 Å². The molecular formula is C14H18N4O2. The molecule has 0 aliphatic heterocycles. The lowest BCUT2D eigenvalue weighted by Crippen LogP contribution is -2.23. The molecule has 1 amide bonds. The molecule has 1 aromatic heterocycles. The fourth-order valence-electron chi connectivity index (χ4n) is 1.72. The first-order chi connectivity index (χ1) is 9.75. The van der Waals surface area contributed by atoms with Crippen LogP contribution in [0.15, 0.2) is 30.6 Å². The molecule has 0 unspecified atom stereocenters. The predicted molar refractivity (Wildman–Crippen MR) is 74.1 cm³/mol. The van der Waals surface area contributed by atoms with Gasteiger partial charge >= 0.3 is 0 Å². The van der Waals surface area contributed by atoms with Crippen molar-refractivity contribution in [3.8, 4) is 5.75 Å². The Morgan fingerprint density at radius 2 is 2.25 bits per heavy atom. The third kappa shape index (κ3) is 4.38. The van der Waals surface area contributed by atoms with E-state index in [0.717, 1.165) is 11.3 Å². The molecule has 2 rings (SSSR count). The van der Waals surface area contributed by atoms with Gasteiger partial charge in [-0.15, -0.1) is 0 Å². The maximum Gasteiger partial charge on any atom is 0.220 e. The molecule has 0 atom stereocenters. The van der Waals surface area contributed by atoms with E-state index in [-0.39, 0.29) is 5.91 Å². The Morgan fingerprint density at radius 3 is 3.00 bits per heavy atom. The highest BCUT2D eigenvalue weighted by Gasteiger charge is 2.03. The summed E-state index contributed by atoms with van der Waals surface area (Å²) in [5, 5.41) is 9.16. The van der Waals surface area contributed by atoms with Crippen LogP contribution in [-0.4, -0.2) is 27.7 Å². The standard InChI is InChI=1S/C14H18N4O2/c1-11-5-2-3-6-12(11)20-8-4-7-14(19)15-9-13-16-10-17-18-13/h2-3,5-6,10H,4,7-9H2,1H3,(H,15,19)(H,16,17,18). The number of hydrogen-bond donors (Lipinski definition) is 2. The van der Waals surface area contributed by atoms with E-state index in [1.165, 1.54) is 6.33 Å². The van der Waals surface area contributed by atoms with Gasteiger partial charge < -0.3 is 10.1 Å². The topological polar surface area (TPSA) is 79.9 Å². The highest BCUT2D eigenvalue weighted by molar-refractivity contribution is 5.75. The number of carbonyl (C=O) groups excluding carboxylic acids is 1. The number of H-pyrrole nitrogens is 1. The van der Waals surface area contributed by atoms with Crippen molar-refractivity contribution in [3.63, 3.8) is 0 Å². The molecular weight excluding hydrogens is 256 g/mol. The van der Waals surface area contributed by atoms with Gasteiger partial charge in [0.1, 0.15) is 17.9 Å². The lowest BCUT2D eigenvalue weighted by Gasteiger charge is -2.08. The second-order valence-electron chi connectivity index (χ2n) is 4.43. The molecule has 6 nitrogen and oxygen atoms in total. The van der Waals surface area contributed by atoms with Gasteiger partial charge in [-0.25, -0.2) is 4.98 Å². The number of ether oxygens (including phenoxy) is 1. The summed E-state index contributed by atoms with van der Waals surface area (Å²) in [6.45, 7) is 2.90. The monoisotopic (exact) mass is 274 g/mol. The van der Waals surface area contributed by atoms with Crippen molar-refractivity contribution >= 4 is 5.91 Å². The smallest absolute Gasteiger partial charge is 0.220 e. The second-order valence-corrected chi connectivity index (χ2v) is 4.43. The average Bonchev–Trinajstić information content (AvgIpc) is 2.96. The van der Waals surface area contributed by atoms with Crippen LogP contribution in [0, 0.1) is 6.92 Å². The van der Waals surface area contributed by atoms with Crippen LogP contribution in [0.25, 0.3) is 0 Å². The second kappa shape index (κ2) is 7.28. The molecule has 0 saturated carbocycles. The molecule has 0 bridgehead atoms. The Kier molecular flexibility index (Phi) is 5.11. The van der Waals surface area contributed by atoms with Crippen molar-refractivity contribution in [1.29, 1.82) is 0 Å². The van der Waals surface area contributed by atoms with E-state index in [9.17, 15) is 4.79 Å². The molecule has 0 aliphatic carbocycles. The molecule has 106 valence electrons. The number of amides is 1. The molecule has 0 spiro atoms. The molecule has 20 heavy (non-hydrogen) atoms. The minimum Gasteiger partial charge on any atom is -0.493 e. The number of aromatic amines is 1. The number of carbonyl (C=O) groups is 1. The van der Waals surface area contributed by atoms with Crippen LogP contribution < -0.4 is 10.1 Å². The van der Waals surface area contributed by atoms with Gasteiger partial charge in [-0.1, -0.05) is 18.2 Å². The molecule has 2 N–H and O–H groups in total. The maximum absolute atomic E-state index is 11.6. The van der Waals surface area contributed by atoms with Crippen LogP contribution in [0.2, 0.25) is 0 Å². The van der Waals surface area contributed by atoms with Crippen LogP contribution >= 0.6 is 0 Å². The quantitative estimate of drug-likeness (QED) is 0.751. The zero-order chi connectivity index (χ0) is 14.2. The Hall–Kier alpha value is -2.37. The Balaban J connectivity index is 1.61. The molecule has 0 radical (unpaired) electrons. The number of nitrogens with zero attached hydrogens (tertiary/aromatic N) is 2. The summed E-state index contributed by atoms with van der Waals surface area (Å²) < 4.78 is 5.63. The number of hydrogen-bond acceptors (Lipinski definition) is 4. The lowest BCUT2D eigenvalue weighted by molar-refractivity contribution is -0.121. The first kappa shape index (κ1) is 14.0. The molecule has 0 aliphatic rings. The van der Waals surface area contributed by atoms with E-state index in [4.69, 9.17) is 4.74 Å². The zero-order valence-corrected chi connectivity index (χ0v) is 11.4. The summed E-state index contributed by atoms with van der Waals surface area (Å²) in [6.07, 6.45) is 2.52. The molecule has 1 aromatic carbocycles. The summed E-state index contributed by atoms with van der Waals surface area (Å²) in [4.78, 5) is 15.5. The number of aromatic nitrogens is 3. The van der Waals surface area contributed by atoms with Crippen LogP contribution in [-0.2, 0) is 11.3 Å². The van der Waals surface area contributed by atoms with Gasteiger partial charge in [0.25, 0.3) is 0 Å². The summed E-state index contributed by atoms with van der Waals surface area (Å²) in [7, 11) is 0. The van der Waals surface area contributed by atoms with Gasteiger partial charge in [0, 0.05) is 6.42 Å². The summed E-state index contributed by atoms with van der Waals surface area (Å²) in [5.41, 5.74) is 1.10. The van der Waals surface area contributed by atoms with Gasteiger partial charge in [-0.2, -0.15) is 5.10 Å². The van der Waals surface area contributed by atoms with Crippen LogP contribution in [0.4, 0.5) is 0 Å². The summed E-state index contributed by atoms with van der Waals surface area (Å²) in [6, 6.07) is 7.84. The maximum atomic E-state index is 11.6. The highest BCUT2D eigenvalue weighted by Crippen LogP contribution is 2.16. The Morgan fingerprint density at radius 1 is 1.40 bits per heavy atom. The van der Waals surface area contributed by atoms with Crippen LogP contribution in [0.5, 0.6) is 5.75 Å². The first-order valence-corrected chi connectivity index (χ1v) is 6.55. The van der Waals surface area contributed by atoms with E-state index >= 15 is 0 Å². The van der Waals surface area contributed by atoms with E-state index in [1.54, 1.807) is 0 Å². The molecule has 1 heterocycles. The predicted octanol–water partition coefficient (Wildman–Crippen LogP) is 1.59. The zero-order valence-electron chi connectivity index (χ0n) is 11.4. The number of para-hydroxylation sites is 1. The van der Waals surface area contributed by atoms with Crippen molar-refractivity contribution in [2.45, 2.75) is 26.3 Å². The van der Waals surface area contributed by atoms with Crippen LogP contribution in [0.1, 0.15) is 24.2 Å². The largest absolute Gasteiger partial charge is 0.493 e. The van der Waals surface area contributed by atoms with E-state index in [1.807, 2.05) is 31.2 Å². The fourth-order valence-corrected chi connectivity index (χ4v) is 1.72. The van der Waals surface area contributed by atoms with E-state index in [2.05, 4.69) is 20.5 Å². The first-order valence-electron chi connectivity index (χ1n) is 6.55. The van der Waals surface area contributed by atoms with E-state index in [0.29, 0.717) is 31.8 Å². The minimum atomic E-state index is -0.0187.